The maximum Gasteiger partial charge on any atom is 0.238 e. The van der Waals surface area contributed by atoms with Crippen molar-refractivity contribution in [1.82, 2.24) is 4.90 Å². The lowest BCUT2D eigenvalue weighted by Gasteiger charge is -2.37. The van der Waals surface area contributed by atoms with Gasteiger partial charge in [0.1, 0.15) is 5.82 Å². The van der Waals surface area contributed by atoms with Crippen molar-refractivity contribution in [2.45, 2.75) is 25.8 Å². The van der Waals surface area contributed by atoms with Gasteiger partial charge in [-0.15, -0.1) is 0 Å². The van der Waals surface area contributed by atoms with E-state index in [-0.39, 0.29) is 17.0 Å². The Morgan fingerprint density at radius 1 is 1.57 bits per heavy atom. The number of hydrogen-bond donors (Lipinski definition) is 2. The number of nitrogens with one attached hydrogen (secondary N) is 1. The Bertz CT molecular complexity index is 512. The van der Waals surface area contributed by atoms with Crippen LogP contribution in [0.25, 0.3) is 0 Å². The van der Waals surface area contributed by atoms with E-state index in [1.165, 1.54) is 18.2 Å². The highest BCUT2D eigenvalue weighted by molar-refractivity contribution is 6.31. The van der Waals surface area contributed by atoms with Crippen LogP contribution >= 0.6 is 11.6 Å². The molecular formula is C15H21ClFN3O. The lowest BCUT2D eigenvalue weighted by molar-refractivity contribution is -0.118. The van der Waals surface area contributed by atoms with Crippen molar-refractivity contribution in [3.05, 3.63) is 29.0 Å². The molecule has 0 radical (unpaired) electrons. The van der Waals surface area contributed by atoms with Crippen LogP contribution in [0.1, 0.15) is 19.8 Å². The number of carbonyl (C=O) groups excluding carboxylic acids is 1. The van der Waals surface area contributed by atoms with Crippen molar-refractivity contribution in [3.63, 3.8) is 0 Å². The SMILES string of the molecule is CC1CCN(CC(=O)Nc2ccc(F)c(Cl)c2)C(CN)C1. The van der Waals surface area contributed by atoms with Gasteiger partial charge < -0.3 is 11.1 Å². The van der Waals surface area contributed by atoms with E-state index >= 15 is 0 Å². The number of hydrogen-bond acceptors (Lipinski definition) is 3. The fourth-order valence-corrected chi connectivity index (χ4v) is 2.89. The molecule has 0 spiro atoms. The van der Waals surface area contributed by atoms with Gasteiger partial charge in [-0.25, -0.2) is 4.39 Å². The number of likely N-dealkylation sites (tertiary alicyclic amines) is 1. The molecule has 3 N–H and O–H groups in total. The van der Waals surface area contributed by atoms with Gasteiger partial charge in [-0.2, -0.15) is 0 Å². The molecule has 1 aromatic carbocycles. The number of carbonyl (C=O) groups is 1. The topological polar surface area (TPSA) is 58.4 Å². The molecule has 1 amide bonds. The third-order valence-corrected chi connectivity index (χ3v) is 4.21. The smallest absolute Gasteiger partial charge is 0.238 e. The average molecular weight is 314 g/mol. The zero-order valence-electron chi connectivity index (χ0n) is 12.1. The number of amides is 1. The molecule has 21 heavy (non-hydrogen) atoms. The highest BCUT2D eigenvalue weighted by Gasteiger charge is 2.26. The van der Waals surface area contributed by atoms with Crippen molar-refractivity contribution in [2.24, 2.45) is 11.7 Å². The molecule has 0 aliphatic carbocycles. The number of halogens is 2. The summed E-state index contributed by atoms with van der Waals surface area (Å²) in [5, 5.41) is 2.74. The zero-order chi connectivity index (χ0) is 15.4. The predicted molar refractivity (Wildman–Crippen MR) is 82.9 cm³/mol. The van der Waals surface area contributed by atoms with E-state index in [4.69, 9.17) is 17.3 Å². The second kappa shape index (κ2) is 7.20. The first-order valence-electron chi connectivity index (χ1n) is 7.18. The van der Waals surface area contributed by atoms with Crippen molar-refractivity contribution in [3.8, 4) is 0 Å². The molecule has 1 aromatic rings. The van der Waals surface area contributed by atoms with Crippen LogP contribution in [0.4, 0.5) is 10.1 Å². The molecule has 4 nitrogen and oxygen atoms in total. The van der Waals surface area contributed by atoms with Crippen LogP contribution in [0.15, 0.2) is 18.2 Å². The molecule has 2 unspecified atom stereocenters. The summed E-state index contributed by atoms with van der Waals surface area (Å²) in [6, 6.07) is 4.39. The highest BCUT2D eigenvalue weighted by atomic mass is 35.5. The van der Waals surface area contributed by atoms with Gasteiger partial charge in [0.2, 0.25) is 5.91 Å². The van der Waals surface area contributed by atoms with E-state index in [0.717, 1.165) is 19.4 Å². The Morgan fingerprint density at radius 3 is 3.00 bits per heavy atom. The number of anilines is 1. The number of piperidine rings is 1. The summed E-state index contributed by atoms with van der Waals surface area (Å²) in [4.78, 5) is 14.2. The molecule has 116 valence electrons. The lowest BCUT2D eigenvalue weighted by Crippen LogP contribution is -2.49. The summed E-state index contributed by atoms with van der Waals surface area (Å²) in [5.74, 6) is 0.0160. The van der Waals surface area contributed by atoms with Gasteiger partial charge in [-0.05, 0) is 43.5 Å². The van der Waals surface area contributed by atoms with Crippen LogP contribution in [0.3, 0.4) is 0 Å². The predicted octanol–water partition coefficient (Wildman–Crippen LogP) is 2.48. The van der Waals surface area contributed by atoms with Crippen molar-refractivity contribution < 1.29 is 9.18 Å². The maximum absolute atomic E-state index is 13.1. The summed E-state index contributed by atoms with van der Waals surface area (Å²) in [6.07, 6.45) is 2.10. The molecular weight excluding hydrogens is 293 g/mol. The largest absolute Gasteiger partial charge is 0.329 e. The van der Waals surface area contributed by atoms with Crippen LogP contribution in [-0.4, -0.2) is 36.5 Å². The molecule has 1 fully saturated rings. The zero-order valence-corrected chi connectivity index (χ0v) is 12.9. The minimum absolute atomic E-state index is 0.000526. The second-order valence-corrected chi connectivity index (χ2v) is 6.07. The van der Waals surface area contributed by atoms with Gasteiger partial charge in [-0.3, -0.25) is 9.69 Å². The first-order valence-corrected chi connectivity index (χ1v) is 7.56. The molecule has 1 aliphatic rings. The van der Waals surface area contributed by atoms with Gasteiger partial charge in [-0.1, -0.05) is 18.5 Å². The number of benzene rings is 1. The summed E-state index contributed by atoms with van der Waals surface area (Å²) < 4.78 is 13.1. The summed E-state index contributed by atoms with van der Waals surface area (Å²) >= 11 is 5.70. The van der Waals surface area contributed by atoms with Crippen LogP contribution in [-0.2, 0) is 4.79 Å². The molecule has 2 atom stereocenters. The van der Waals surface area contributed by atoms with E-state index in [9.17, 15) is 9.18 Å². The minimum Gasteiger partial charge on any atom is -0.329 e. The summed E-state index contributed by atoms with van der Waals surface area (Å²) in [5.41, 5.74) is 6.29. The molecule has 6 heteroatoms. The quantitative estimate of drug-likeness (QED) is 0.898. The Labute approximate surface area is 129 Å². The third-order valence-electron chi connectivity index (χ3n) is 3.92. The fourth-order valence-electron chi connectivity index (χ4n) is 2.71. The van der Waals surface area contributed by atoms with E-state index in [2.05, 4.69) is 17.1 Å². The summed E-state index contributed by atoms with van der Waals surface area (Å²) in [7, 11) is 0. The van der Waals surface area contributed by atoms with Gasteiger partial charge in [0.05, 0.1) is 11.6 Å². The number of rotatable bonds is 4. The van der Waals surface area contributed by atoms with Gasteiger partial charge in [0.25, 0.3) is 0 Å². The third kappa shape index (κ3) is 4.40. The van der Waals surface area contributed by atoms with Gasteiger partial charge >= 0.3 is 0 Å². The molecule has 1 saturated heterocycles. The molecule has 1 aliphatic heterocycles. The lowest BCUT2D eigenvalue weighted by atomic mass is 9.92. The molecule has 0 bridgehead atoms. The van der Waals surface area contributed by atoms with Crippen molar-refractivity contribution in [1.29, 1.82) is 0 Å². The second-order valence-electron chi connectivity index (χ2n) is 5.67. The Kier molecular flexibility index (Phi) is 5.56. The monoisotopic (exact) mass is 313 g/mol. The average Bonchev–Trinajstić information content (AvgIpc) is 2.44. The van der Waals surface area contributed by atoms with E-state index in [1.807, 2.05) is 0 Å². The van der Waals surface area contributed by atoms with E-state index in [1.54, 1.807) is 0 Å². The molecule has 2 rings (SSSR count). The van der Waals surface area contributed by atoms with Crippen molar-refractivity contribution >= 4 is 23.2 Å². The van der Waals surface area contributed by atoms with Crippen LogP contribution in [0.5, 0.6) is 0 Å². The first kappa shape index (κ1) is 16.2. The Hall–Kier alpha value is -1.17. The van der Waals surface area contributed by atoms with Crippen LogP contribution in [0.2, 0.25) is 5.02 Å². The Morgan fingerprint density at radius 2 is 2.33 bits per heavy atom. The highest BCUT2D eigenvalue weighted by Crippen LogP contribution is 2.22. The Balaban J connectivity index is 1.93. The van der Waals surface area contributed by atoms with Crippen LogP contribution in [0, 0.1) is 11.7 Å². The van der Waals surface area contributed by atoms with Gasteiger partial charge in [0, 0.05) is 18.3 Å². The number of nitrogens with zero attached hydrogens (tertiary/aromatic N) is 1. The normalized spacial score (nSPS) is 23.0. The number of nitrogens with two attached hydrogens (primary N) is 1. The first-order chi connectivity index (χ1) is 9.99. The van der Waals surface area contributed by atoms with Gasteiger partial charge in [0.15, 0.2) is 0 Å². The molecule has 0 aromatic heterocycles. The fraction of sp³-hybridized carbons (Fsp3) is 0.533. The van der Waals surface area contributed by atoms with Crippen molar-refractivity contribution in [2.75, 3.05) is 25.0 Å². The minimum atomic E-state index is -0.497. The van der Waals surface area contributed by atoms with E-state index in [0.29, 0.717) is 24.7 Å². The van der Waals surface area contributed by atoms with E-state index < -0.39 is 5.82 Å². The molecule has 1 heterocycles. The molecule has 0 saturated carbocycles. The maximum atomic E-state index is 13.1. The van der Waals surface area contributed by atoms with Crippen LogP contribution < -0.4 is 11.1 Å². The standard InChI is InChI=1S/C15H21ClFN3O/c1-10-4-5-20(12(6-10)8-18)9-15(21)19-11-2-3-14(17)13(16)7-11/h2-3,7,10,12H,4-6,8-9,18H2,1H3,(H,19,21). The summed E-state index contributed by atoms with van der Waals surface area (Å²) in [6.45, 7) is 3.94.